The summed E-state index contributed by atoms with van der Waals surface area (Å²) in [6.07, 6.45) is 1.58. The highest BCUT2D eigenvalue weighted by Gasteiger charge is 2.31. The zero-order chi connectivity index (χ0) is 23.4. The average Bonchev–Trinajstić information content (AvgIpc) is 3.08. The lowest BCUT2D eigenvalue weighted by atomic mass is 9.91. The van der Waals surface area contributed by atoms with Crippen LogP contribution in [-0.2, 0) is 22.4 Å². The van der Waals surface area contributed by atoms with Crippen molar-refractivity contribution in [3.05, 3.63) is 77.2 Å². The standard InChI is InChI=1S/C27H31N3O3/c1-19-24(20(2)33-28-19)13-14-26(31)30-16-15-29(3)27(32)23(18-30)17-22-11-7-8-12-25(22)21-9-5-4-6-10-21/h4-12,23H,13-18H2,1-3H3/t23-/m0/s1. The van der Waals surface area contributed by atoms with Gasteiger partial charge in [-0.3, -0.25) is 9.59 Å². The Hall–Kier alpha value is -3.41. The summed E-state index contributed by atoms with van der Waals surface area (Å²) in [5.41, 5.74) is 5.23. The molecule has 4 rings (SSSR count). The molecule has 0 bridgehead atoms. The van der Waals surface area contributed by atoms with Gasteiger partial charge in [0.25, 0.3) is 0 Å². The first-order valence-electron chi connectivity index (χ1n) is 11.5. The molecule has 1 aliphatic heterocycles. The van der Waals surface area contributed by atoms with Crippen molar-refractivity contribution in [2.45, 2.75) is 33.1 Å². The summed E-state index contributed by atoms with van der Waals surface area (Å²) >= 11 is 0. The van der Waals surface area contributed by atoms with E-state index in [0.29, 0.717) is 38.9 Å². The molecule has 3 aromatic rings. The van der Waals surface area contributed by atoms with Gasteiger partial charge in [-0.1, -0.05) is 59.8 Å². The monoisotopic (exact) mass is 445 g/mol. The number of rotatable bonds is 6. The van der Waals surface area contributed by atoms with Crippen LogP contribution in [0.25, 0.3) is 11.1 Å². The van der Waals surface area contributed by atoms with E-state index in [0.717, 1.165) is 33.7 Å². The van der Waals surface area contributed by atoms with Crippen molar-refractivity contribution in [1.29, 1.82) is 0 Å². The minimum Gasteiger partial charge on any atom is -0.361 e. The summed E-state index contributed by atoms with van der Waals surface area (Å²) in [7, 11) is 1.83. The molecule has 0 aliphatic carbocycles. The summed E-state index contributed by atoms with van der Waals surface area (Å²) in [5, 5.41) is 3.98. The highest BCUT2D eigenvalue weighted by Crippen LogP contribution is 2.27. The van der Waals surface area contributed by atoms with E-state index >= 15 is 0 Å². The van der Waals surface area contributed by atoms with Gasteiger partial charge in [-0.2, -0.15) is 0 Å². The van der Waals surface area contributed by atoms with Gasteiger partial charge < -0.3 is 14.3 Å². The van der Waals surface area contributed by atoms with E-state index in [1.54, 1.807) is 4.90 Å². The molecular formula is C27H31N3O3. The molecule has 6 nitrogen and oxygen atoms in total. The minimum atomic E-state index is -0.273. The lowest BCUT2D eigenvalue weighted by molar-refractivity contribution is -0.134. The number of carbonyl (C=O) groups excluding carboxylic acids is 2. The Morgan fingerprint density at radius 1 is 1.06 bits per heavy atom. The molecule has 33 heavy (non-hydrogen) atoms. The Bertz CT molecular complexity index is 1100. The van der Waals surface area contributed by atoms with Crippen LogP contribution in [0.15, 0.2) is 59.1 Å². The van der Waals surface area contributed by atoms with Crippen LogP contribution in [-0.4, -0.2) is 53.5 Å². The second kappa shape index (κ2) is 10.0. The molecule has 2 heterocycles. The third-order valence-electron chi connectivity index (χ3n) is 6.56. The van der Waals surface area contributed by atoms with Crippen LogP contribution in [0.4, 0.5) is 0 Å². The lowest BCUT2D eigenvalue weighted by Crippen LogP contribution is -2.37. The molecule has 2 aromatic carbocycles. The molecular weight excluding hydrogens is 414 g/mol. The number of hydrogen-bond donors (Lipinski definition) is 0. The zero-order valence-electron chi connectivity index (χ0n) is 19.6. The molecule has 1 aromatic heterocycles. The van der Waals surface area contributed by atoms with Crippen molar-refractivity contribution in [2.24, 2.45) is 5.92 Å². The quantitative estimate of drug-likeness (QED) is 0.574. The number of hydrogen-bond acceptors (Lipinski definition) is 4. The molecule has 2 amide bonds. The first-order chi connectivity index (χ1) is 15.9. The molecule has 0 radical (unpaired) electrons. The molecule has 0 saturated carbocycles. The van der Waals surface area contributed by atoms with Crippen LogP contribution in [0.1, 0.15) is 29.0 Å². The molecule has 6 heteroatoms. The van der Waals surface area contributed by atoms with Crippen LogP contribution in [0.2, 0.25) is 0 Å². The van der Waals surface area contributed by atoms with Gasteiger partial charge in [-0.25, -0.2) is 0 Å². The van der Waals surface area contributed by atoms with Crippen LogP contribution < -0.4 is 0 Å². The Labute approximate surface area is 195 Å². The predicted molar refractivity (Wildman–Crippen MR) is 128 cm³/mol. The van der Waals surface area contributed by atoms with Crippen molar-refractivity contribution >= 4 is 11.8 Å². The number of amides is 2. The minimum absolute atomic E-state index is 0.0689. The van der Waals surface area contributed by atoms with Gasteiger partial charge in [0.15, 0.2) is 0 Å². The van der Waals surface area contributed by atoms with Crippen molar-refractivity contribution in [1.82, 2.24) is 15.0 Å². The van der Waals surface area contributed by atoms with Gasteiger partial charge in [0.2, 0.25) is 11.8 Å². The number of aryl methyl sites for hydroxylation is 2. The van der Waals surface area contributed by atoms with Crippen molar-refractivity contribution in [3.63, 3.8) is 0 Å². The van der Waals surface area contributed by atoms with Gasteiger partial charge >= 0.3 is 0 Å². The Morgan fingerprint density at radius 3 is 2.52 bits per heavy atom. The maximum absolute atomic E-state index is 13.2. The highest BCUT2D eigenvalue weighted by atomic mass is 16.5. The number of likely N-dealkylation sites (N-methyl/N-ethyl adjacent to an activating group) is 1. The Balaban J connectivity index is 1.51. The van der Waals surface area contributed by atoms with E-state index in [2.05, 4.69) is 29.4 Å². The third-order valence-corrected chi connectivity index (χ3v) is 6.56. The van der Waals surface area contributed by atoms with Crippen LogP contribution in [0, 0.1) is 19.8 Å². The Kier molecular flexibility index (Phi) is 6.92. The molecule has 0 spiro atoms. The highest BCUT2D eigenvalue weighted by molar-refractivity contribution is 5.82. The summed E-state index contributed by atoms with van der Waals surface area (Å²) in [6.45, 7) is 5.31. The average molecular weight is 446 g/mol. The molecule has 172 valence electrons. The number of aromatic nitrogens is 1. The van der Waals surface area contributed by atoms with Gasteiger partial charge in [0, 0.05) is 38.7 Å². The fraction of sp³-hybridized carbons (Fsp3) is 0.370. The molecule has 0 unspecified atom stereocenters. The first-order valence-corrected chi connectivity index (χ1v) is 11.5. The SMILES string of the molecule is Cc1noc(C)c1CCC(=O)N1CCN(C)C(=O)[C@@H](Cc2ccccc2-c2ccccc2)C1. The van der Waals surface area contributed by atoms with E-state index in [-0.39, 0.29) is 17.7 Å². The van der Waals surface area contributed by atoms with Crippen LogP contribution in [0.5, 0.6) is 0 Å². The van der Waals surface area contributed by atoms with Gasteiger partial charge in [0.1, 0.15) is 5.76 Å². The smallest absolute Gasteiger partial charge is 0.227 e. The Morgan fingerprint density at radius 2 is 1.79 bits per heavy atom. The van der Waals surface area contributed by atoms with Crippen molar-refractivity contribution in [2.75, 3.05) is 26.7 Å². The van der Waals surface area contributed by atoms with Crippen LogP contribution in [0.3, 0.4) is 0 Å². The normalized spacial score (nSPS) is 16.7. The topological polar surface area (TPSA) is 66.7 Å². The van der Waals surface area contributed by atoms with E-state index in [1.807, 2.05) is 56.1 Å². The van der Waals surface area contributed by atoms with Gasteiger partial charge in [0.05, 0.1) is 11.6 Å². The molecule has 0 N–H and O–H groups in total. The largest absolute Gasteiger partial charge is 0.361 e. The molecule has 1 aliphatic rings. The number of nitrogens with zero attached hydrogens (tertiary/aromatic N) is 3. The summed E-state index contributed by atoms with van der Waals surface area (Å²) in [6, 6.07) is 18.5. The third kappa shape index (κ3) is 5.16. The molecule has 1 atom stereocenters. The van der Waals surface area contributed by atoms with E-state index in [4.69, 9.17) is 4.52 Å². The number of carbonyl (C=O) groups is 2. The van der Waals surface area contributed by atoms with E-state index in [9.17, 15) is 9.59 Å². The van der Waals surface area contributed by atoms with E-state index in [1.165, 1.54) is 0 Å². The summed E-state index contributed by atoms with van der Waals surface area (Å²) in [4.78, 5) is 29.9. The van der Waals surface area contributed by atoms with E-state index < -0.39 is 0 Å². The summed E-state index contributed by atoms with van der Waals surface area (Å²) in [5.74, 6) is 0.658. The van der Waals surface area contributed by atoms with Crippen LogP contribution >= 0.6 is 0 Å². The fourth-order valence-corrected chi connectivity index (χ4v) is 4.62. The molecule has 1 saturated heterocycles. The fourth-order valence-electron chi connectivity index (χ4n) is 4.62. The second-order valence-corrected chi connectivity index (χ2v) is 8.83. The van der Waals surface area contributed by atoms with Gasteiger partial charge in [-0.05, 0) is 43.4 Å². The maximum Gasteiger partial charge on any atom is 0.227 e. The van der Waals surface area contributed by atoms with Crippen molar-refractivity contribution in [3.8, 4) is 11.1 Å². The second-order valence-electron chi connectivity index (χ2n) is 8.83. The van der Waals surface area contributed by atoms with Crippen molar-refractivity contribution < 1.29 is 14.1 Å². The summed E-state index contributed by atoms with van der Waals surface area (Å²) < 4.78 is 5.23. The first kappa shape index (κ1) is 22.8. The van der Waals surface area contributed by atoms with Gasteiger partial charge in [-0.15, -0.1) is 0 Å². The number of benzene rings is 2. The maximum atomic E-state index is 13.2. The lowest BCUT2D eigenvalue weighted by Gasteiger charge is -2.24. The molecule has 1 fully saturated rings. The zero-order valence-corrected chi connectivity index (χ0v) is 19.6. The predicted octanol–water partition coefficient (Wildman–Crippen LogP) is 4.05.